The Bertz CT molecular complexity index is 1190. The number of aromatic nitrogens is 1. The van der Waals surface area contributed by atoms with Gasteiger partial charge in [0.15, 0.2) is 0 Å². The molecule has 6 nitrogen and oxygen atoms in total. The lowest BCUT2D eigenvalue weighted by molar-refractivity contribution is 0.287. The van der Waals surface area contributed by atoms with Crippen molar-refractivity contribution in [2.45, 2.75) is 51.6 Å². The van der Waals surface area contributed by atoms with Gasteiger partial charge < -0.3 is 4.74 Å². The number of fused-ring (bicyclic) bond motifs is 1. The van der Waals surface area contributed by atoms with Crippen LogP contribution >= 0.6 is 11.3 Å². The van der Waals surface area contributed by atoms with E-state index in [4.69, 9.17) is 4.74 Å². The van der Waals surface area contributed by atoms with Gasteiger partial charge in [-0.1, -0.05) is 17.4 Å². The molecule has 29 heavy (non-hydrogen) atoms. The maximum atomic E-state index is 12.8. The Morgan fingerprint density at radius 1 is 1.07 bits per heavy atom. The zero-order chi connectivity index (χ0) is 21.3. The number of nitrogens with zero attached hydrogens (tertiary/aromatic N) is 1. The van der Waals surface area contributed by atoms with Gasteiger partial charge in [-0.25, -0.2) is 13.1 Å². The molecule has 0 fully saturated rings. The van der Waals surface area contributed by atoms with Crippen molar-refractivity contribution in [2.75, 3.05) is 6.61 Å². The number of hydrogen-bond donors (Lipinski definition) is 1. The lowest BCUT2D eigenvalue weighted by atomic mass is 10.1. The summed E-state index contributed by atoms with van der Waals surface area (Å²) in [6, 6.07) is 10.2. The third kappa shape index (κ3) is 4.71. The molecule has 0 aliphatic carbocycles. The van der Waals surface area contributed by atoms with Crippen LogP contribution in [0.2, 0.25) is 0 Å². The molecule has 0 aliphatic heterocycles. The highest BCUT2D eigenvalue weighted by Gasteiger charge is 2.20. The molecule has 8 heteroatoms. The van der Waals surface area contributed by atoms with E-state index in [1.54, 1.807) is 23.6 Å². The molecule has 3 rings (SSSR count). The van der Waals surface area contributed by atoms with Gasteiger partial charge in [-0.3, -0.25) is 9.36 Å². The van der Waals surface area contributed by atoms with Gasteiger partial charge in [0.05, 0.1) is 21.2 Å². The van der Waals surface area contributed by atoms with Crippen LogP contribution in [0.15, 0.2) is 46.1 Å². The first-order valence-corrected chi connectivity index (χ1v) is 11.8. The minimum Gasteiger partial charge on any atom is -0.492 e. The van der Waals surface area contributed by atoms with Crippen LogP contribution in [0.5, 0.6) is 5.75 Å². The highest BCUT2D eigenvalue weighted by atomic mass is 32.2. The third-order valence-electron chi connectivity index (χ3n) is 4.75. The Kier molecular flexibility index (Phi) is 6.16. The van der Waals surface area contributed by atoms with E-state index in [0.29, 0.717) is 10.4 Å². The Morgan fingerprint density at radius 3 is 2.45 bits per heavy atom. The van der Waals surface area contributed by atoms with Crippen LogP contribution in [0.25, 0.3) is 10.2 Å². The topological polar surface area (TPSA) is 77.4 Å². The Balaban J connectivity index is 1.74. The monoisotopic (exact) mass is 434 g/mol. The van der Waals surface area contributed by atoms with Crippen LogP contribution in [-0.4, -0.2) is 25.6 Å². The van der Waals surface area contributed by atoms with Crippen LogP contribution in [0, 0.1) is 13.8 Å². The normalized spacial score (nSPS) is 13.2. The zero-order valence-corrected chi connectivity index (χ0v) is 18.9. The lowest BCUT2D eigenvalue weighted by Crippen LogP contribution is -2.36. The smallest absolute Gasteiger partial charge is 0.308 e. The van der Waals surface area contributed by atoms with E-state index in [1.165, 1.54) is 11.6 Å². The fourth-order valence-corrected chi connectivity index (χ4v) is 5.45. The average Bonchev–Trinajstić information content (AvgIpc) is 2.97. The molecule has 0 saturated heterocycles. The van der Waals surface area contributed by atoms with Crippen molar-refractivity contribution in [1.82, 2.24) is 9.29 Å². The summed E-state index contributed by atoms with van der Waals surface area (Å²) in [5, 5.41) is 0. The number of ether oxygens (including phenoxy) is 1. The molecule has 1 unspecified atom stereocenters. The molecule has 0 aliphatic rings. The van der Waals surface area contributed by atoms with Crippen LogP contribution in [0.4, 0.5) is 0 Å². The molecule has 0 amide bonds. The van der Waals surface area contributed by atoms with Crippen molar-refractivity contribution in [3.8, 4) is 5.75 Å². The van der Waals surface area contributed by atoms with Gasteiger partial charge in [-0.05, 0) is 76.1 Å². The van der Waals surface area contributed by atoms with Gasteiger partial charge in [0.2, 0.25) is 10.0 Å². The van der Waals surface area contributed by atoms with Crippen molar-refractivity contribution >= 4 is 31.6 Å². The zero-order valence-electron chi connectivity index (χ0n) is 17.2. The molecule has 0 saturated carbocycles. The number of hydrogen-bond acceptors (Lipinski definition) is 5. The summed E-state index contributed by atoms with van der Waals surface area (Å²) < 4.78 is 36.3. The maximum Gasteiger partial charge on any atom is 0.308 e. The fourth-order valence-electron chi connectivity index (χ4n) is 3.06. The number of benzene rings is 2. The molecule has 1 aromatic heterocycles. The van der Waals surface area contributed by atoms with E-state index >= 15 is 0 Å². The second-order valence-corrected chi connectivity index (χ2v) is 10.2. The highest BCUT2D eigenvalue weighted by Crippen LogP contribution is 2.24. The summed E-state index contributed by atoms with van der Waals surface area (Å²) in [5.74, 6) is 0.709. The van der Waals surface area contributed by atoms with E-state index in [9.17, 15) is 13.2 Å². The standard InChI is InChI=1S/C21H26N2O4S2/c1-13(2)23-19-9-8-18(11-20(19)28-21(23)24)29(25,26)22-16(5)12-27-17-7-6-14(3)15(4)10-17/h6-11,13,16,22H,12H2,1-5H3. The van der Waals surface area contributed by atoms with E-state index in [2.05, 4.69) is 4.72 Å². The van der Waals surface area contributed by atoms with Crippen molar-refractivity contribution < 1.29 is 13.2 Å². The van der Waals surface area contributed by atoms with E-state index < -0.39 is 16.1 Å². The van der Waals surface area contributed by atoms with Gasteiger partial charge in [-0.2, -0.15) is 0 Å². The van der Waals surface area contributed by atoms with Crippen molar-refractivity contribution in [1.29, 1.82) is 0 Å². The number of sulfonamides is 1. The number of thiazole rings is 1. The lowest BCUT2D eigenvalue weighted by Gasteiger charge is -2.16. The molecule has 1 heterocycles. The quantitative estimate of drug-likeness (QED) is 0.610. The van der Waals surface area contributed by atoms with E-state index in [0.717, 1.165) is 22.4 Å². The maximum absolute atomic E-state index is 12.8. The summed E-state index contributed by atoms with van der Waals surface area (Å²) in [6.07, 6.45) is 0. The van der Waals surface area contributed by atoms with Gasteiger partial charge in [0, 0.05) is 6.04 Å². The molecule has 0 bridgehead atoms. The second kappa shape index (κ2) is 8.30. The number of aryl methyl sites for hydroxylation is 2. The summed E-state index contributed by atoms with van der Waals surface area (Å²) in [4.78, 5) is 12.2. The molecular formula is C21H26N2O4S2. The van der Waals surface area contributed by atoms with Crippen LogP contribution < -0.4 is 14.3 Å². The molecule has 1 N–H and O–H groups in total. The van der Waals surface area contributed by atoms with Gasteiger partial charge in [0.25, 0.3) is 0 Å². The second-order valence-electron chi connectivity index (χ2n) is 7.54. The van der Waals surface area contributed by atoms with Crippen LogP contribution in [0.1, 0.15) is 37.9 Å². The van der Waals surface area contributed by atoms with Crippen molar-refractivity contribution in [3.63, 3.8) is 0 Å². The average molecular weight is 435 g/mol. The predicted octanol–water partition coefficient (Wildman–Crippen LogP) is 4.01. The van der Waals surface area contributed by atoms with E-state index in [-0.39, 0.29) is 22.4 Å². The van der Waals surface area contributed by atoms with Gasteiger partial charge >= 0.3 is 4.87 Å². The first kappa shape index (κ1) is 21.5. The van der Waals surface area contributed by atoms with Crippen molar-refractivity contribution in [2.24, 2.45) is 0 Å². The number of nitrogens with one attached hydrogen (secondary N) is 1. The first-order valence-electron chi connectivity index (χ1n) is 9.46. The van der Waals surface area contributed by atoms with Gasteiger partial charge in [-0.15, -0.1) is 0 Å². The molecular weight excluding hydrogens is 408 g/mol. The summed E-state index contributed by atoms with van der Waals surface area (Å²) in [5.41, 5.74) is 3.05. The van der Waals surface area contributed by atoms with Crippen LogP contribution in [-0.2, 0) is 10.0 Å². The molecule has 1 atom stereocenters. The highest BCUT2D eigenvalue weighted by molar-refractivity contribution is 7.89. The molecule has 3 aromatic rings. The van der Waals surface area contributed by atoms with Crippen molar-refractivity contribution in [3.05, 3.63) is 57.2 Å². The molecule has 156 valence electrons. The fraction of sp³-hybridized carbons (Fsp3) is 0.381. The third-order valence-corrected chi connectivity index (χ3v) is 7.25. The molecule has 0 radical (unpaired) electrons. The largest absolute Gasteiger partial charge is 0.492 e. The summed E-state index contributed by atoms with van der Waals surface area (Å²) in [6.45, 7) is 9.85. The Labute approximate surface area is 175 Å². The molecule has 0 spiro atoms. The molecule has 2 aromatic carbocycles. The minimum absolute atomic E-state index is 0.0133. The summed E-state index contributed by atoms with van der Waals surface area (Å²) in [7, 11) is -3.73. The Hall–Kier alpha value is -2.16. The Morgan fingerprint density at radius 2 is 1.79 bits per heavy atom. The predicted molar refractivity (Wildman–Crippen MR) is 118 cm³/mol. The summed E-state index contributed by atoms with van der Waals surface area (Å²) >= 11 is 1.06. The van der Waals surface area contributed by atoms with E-state index in [1.807, 2.05) is 45.9 Å². The minimum atomic E-state index is -3.73. The SMILES string of the molecule is Cc1ccc(OCC(C)NS(=O)(=O)c2ccc3c(c2)sc(=O)n3C(C)C)cc1C. The van der Waals surface area contributed by atoms with Gasteiger partial charge in [0.1, 0.15) is 12.4 Å². The first-order chi connectivity index (χ1) is 13.6. The number of rotatable bonds is 7. The van der Waals surface area contributed by atoms with Crippen LogP contribution in [0.3, 0.4) is 0 Å².